The van der Waals surface area contributed by atoms with Crippen molar-refractivity contribution in [3.8, 4) is 11.5 Å². The van der Waals surface area contributed by atoms with Crippen molar-refractivity contribution in [2.24, 2.45) is 5.16 Å². The summed E-state index contributed by atoms with van der Waals surface area (Å²) >= 11 is 0. The third-order valence-electron chi connectivity index (χ3n) is 7.05. The number of carbonyl (C=O) groups excluding carboxylic acids is 1. The van der Waals surface area contributed by atoms with Crippen LogP contribution in [-0.2, 0) is 16.1 Å². The van der Waals surface area contributed by atoms with Crippen LogP contribution in [0.1, 0.15) is 72.6 Å². The Morgan fingerprint density at radius 3 is 2.23 bits per heavy atom. The van der Waals surface area contributed by atoms with Crippen LogP contribution in [0.5, 0.6) is 11.5 Å². The van der Waals surface area contributed by atoms with Crippen molar-refractivity contribution in [3.63, 3.8) is 0 Å². The van der Waals surface area contributed by atoms with Gasteiger partial charge in [0, 0.05) is 12.5 Å². The summed E-state index contributed by atoms with van der Waals surface area (Å²) in [5.41, 5.74) is 6.35. The molecule has 0 N–H and O–H groups in total. The minimum absolute atomic E-state index is 0.172. The zero-order valence-corrected chi connectivity index (χ0v) is 20.9. The van der Waals surface area contributed by atoms with Crippen LogP contribution >= 0.6 is 0 Å². The van der Waals surface area contributed by atoms with Gasteiger partial charge in [-0.05, 0) is 62.8 Å². The molecule has 0 aromatic heterocycles. The topological polar surface area (TPSA) is 57.1 Å². The minimum Gasteiger partial charge on any atom is -0.487 e. The van der Waals surface area contributed by atoms with E-state index in [2.05, 4.69) is 43.3 Å². The maximum absolute atomic E-state index is 12.2. The molecule has 5 rings (SSSR count). The molecule has 0 bridgehead atoms. The van der Waals surface area contributed by atoms with E-state index in [-0.39, 0.29) is 23.6 Å². The van der Waals surface area contributed by atoms with Gasteiger partial charge in [-0.2, -0.15) is 0 Å². The summed E-state index contributed by atoms with van der Waals surface area (Å²) in [5, 5.41) is 4.67. The second kappa shape index (κ2) is 8.88. The highest BCUT2D eigenvalue weighted by molar-refractivity contribution is 6.10. The lowest BCUT2D eigenvalue weighted by molar-refractivity contribution is -0.131. The molecule has 0 saturated carbocycles. The van der Waals surface area contributed by atoms with Crippen LogP contribution in [0.4, 0.5) is 0 Å². The molecule has 0 radical (unpaired) electrons. The summed E-state index contributed by atoms with van der Waals surface area (Å²) in [6.07, 6.45) is 1.35. The van der Waals surface area contributed by atoms with Gasteiger partial charge in [0.1, 0.15) is 22.8 Å². The number of benzene rings is 3. The van der Waals surface area contributed by atoms with Gasteiger partial charge >= 0.3 is 5.97 Å². The summed E-state index contributed by atoms with van der Waals surface area (Å²) in [6, 6.07) is 20.4. The van der Waals surface area contributed by atoms with Gasteiger partial charge in [0.05, 0.1) is 11.5 Å². The molecular weight excluding hydrogens is 438 g/mol. The lowest BCUT2D eigenvalue weighted by Crippen LogP contribution is -2.34. The van der Waals surface area contributed by atoms with Crippen LogP contribution in [0.2, 0.25) is 0 Å². The monoisotopic (exact) mass is 469 g/mol. The Bertz CT molecular complexity index is 1300. The molecule has 0 fully saturated rings. The maximum atomic E-state index is 12.2. The number of hydrogen-bond donors (Lipinski definition) is 0. The van der Waals surface area contributed by atoms with Crippen LogP contribution in [0.25, 0.3) is 0 Å². The van der Waals surface area contributed by atoms with Crippen LogP contribution in [0.3, 0.4) is 0 Å². The molecule has 180 valence electrons. The van der Waals surface area contributed by atoms with Crippen LogP contribution in [0.15, 0.2) is 65.8 Å². The molecular formula is C30H31NO4. The first-order chi connectivity index (χ1) is 16.8. The van der Waals surface area contributed by atoms with Crippen molar-refractivity contribution < 1.29 is 19.1 Å². The lowest BCUT2D eigenvalue weighted by atomic mass is 9.79. The summed E-state index contributed by atoms with van der Waals surface area (Å²) in [7, 11) is 0. The summed E-state index contributed by atoms with van der Waals surface area (Å²) < 4.78 is 12.4. The Labute approximate surface area is 206 Å². The van der Waals surface area contributed by atoms with E-state index in [4.69, 9.17) is 14.3 Å². The van der Waals surface area contributed by atoms with E-state index in [1.54, 1.807) is 0 Å². The molecule has 3 aromatic carbocycles. The Morgan fingerprint density at radius 2 is 1.60 bits per heavy atom. The van der Waals surface area contributed by atoms with E-state index < -0.39 is 0 Å². The molecule has 0 saturated heterocycles. The number of fused-ring (bicyclic) bond motifs is 1. The second-order valence-corrected chi connectivity index (χ2v) is 10.0. The molecule has 5 nitrogen and oxygen atoms in total. The fourth-order valence-corrected chi connectivity index (χ4v) is 5.14. The van der Waals surface area contributed by atoms with E-state index >= 15 is 0 Å². The lowest BCUT2D eigenvalue weighted by Gasteiger charge is -2.36. The molecule has 2 aliphatic heterocycles. The van der Waals surface area contributed by atoms with Gasteiger partial charge in [0.2, 0.25) is 0 Å². The Morgan fingerprint density at radius 1 is 0.971 bits per heavy atom. The molecule has 2 atom stereocenters. The summed E-state index contributed by atoms with van der Waals surface area (Å²) in [5.74, 6) is 0.881. The van der Waals surface area contributed by atoms with Gasteiger partial charge in [-0.15, -0.1) is 0 Å². The van der Waals surface area contributed by atoms with Gasteiger partial charge in [0.15, 0.2) is 6.10 Å². The molecule has 0 spiro atoms. The molecule has 2 heterocycles. The predicted octanol–water partition coefficient (Wildman–Crippen LogP) is 6.59. The summed E-state index contributed by atoms with van der Waals surface area (Å²) in [6.45, 7) is 9.66. The Balaban J connectivity index is 1.74. The first kappa shape index (κ1) is 23.2. The number of hydrogen-bond acceptors (Lipinski definition) is 5. The molecule has 0 unspecified atom stereocenters. The molecule has 0 amide bonds. The number of rotatable bonds is 4. The second-order valence-electron chi connectivity index (χ2n) is 10.0. The third-order valence-corrected chi connectivity index (χ3v) is 7.05. The minimum atomic E-state index is -0.360. The largest absolute Gasteiger partial charge is 0.487 e. The zero-order valence-electron chi connectivity index (χ0n) is 20.9. The first-order valence-corrected chi connectivity index (χ1v) is 12.1. The fourth-order valence-electron chi connectivity index (χ4n) is 5.14. The van der Waals surface area contributed by atoms with Crippen LogP contribution in [-0.4, -0.2) is 17.3 Å². The Kier molecular flexibility index (Phi) is 5.87. The van der Waals surface area contributed by atoms with Gasteiger partial charge in [-0.25, -0.2) is 0 Å². The highest BCUT2D eigenvalue weighted by Crippen LogP contribution is 2.49. The zero-order chi connectivity index (χ0) is 24.7. The van der Waals surface area contributed by atoms with E-state index in [9.17, 15) is 4.79 Å². The fraction of sp³-hybridized carbons (Fsp3) is 0.333. The number of esters is 1. The standard InChI is InChI=1S/C30H31NO4/c1-18-19(2)28(33-20(3)32)25(23-16-17-30(4,5)34-27(18)23)26-24(21-12-8-6-9-13-21)29(35-31-26)22-14-10-7-11-15-22/h6-15,24,29H,16-17H2,1-5H3/t24-,29+/m0/s1. The van der Waals surface area contributed by atoms with Crippen molar-refractivity contribution in [1.82, 2.24) is 0 Å². The third kappa shape index (κ3) is 4.20. The molecule has 35 heavy (non-hydrogen) atoms. The van der Waals surface area contributed by atoms with Gasteiger partial charge in [-0.3, -0.25) is 4.79 Å². The smallest absolute Gasteiger partial charge is 0.308 e. The molecule has 0 aliphatic carbocycles. The normalized spacial score (nSPS) is 20.3. The quantitative estimate of drug-likeness (QED) is 0.319. The number of ether oxygens (including phenoxy) is 2. The van der Waals surface area contributed by atoms with Crippen LogP contribution < -0.4 is 9.47 Å². The van der Waals surface area contributed by atoms with Gasteiger partial charge in [0.25, 0.3) is 0 Å². The average Bonchev–Trinajstić information content (AvgIpc) is 3.28. The number of oxime groups is 1. The highest BCUT2D eigenvalue weighted by Gasteiger charge is 2.42. The first-order valence-electron chi connectivity index (χ1n) is 12.1. The molecule has 5 heteroatoms. The van der Waals surface area contributed by atoms with Crippen LogP contribution in [0, 0.1) is 13.8 Å². The van der Waals surface area contributed by atoms with E-state index in [1.165, 1.54) is 6.92 Å². The predicted molar refractivity (Wildman–Crippen MR) is 136 cm³/mol. The number of nitrogens with zero attached hydrogens (tertiary/aromatic N) is 1. The maximum Gasteiger partial charge on any atom is 0.308 e. The summed E-state index contributed by atoms with van der Waals surface area (Å²) in [4.78, 5) is 18.4. The molecule has 2 aliphatic rings. The van der Waals surface area contributed by atoms with Crippen molar-refractivity contribution >= 4 is 11.7 Å². The van der Waals surface area contributed by atoms with Gasteiger partial charge < -0.3 is 14.3 Å². The van der Waals surface area contributed by atoms with E-state index in [0.717, 1.165) is 57.7 Å². The Hall–Kier alpha value is -3.60. The van der Waals surface area contributed by atoms with Crippen molar-refractivity contribution in [1.29, 1.82) is 0 Å². The van der Waals surface area contributed by atoms with Crippen molar-refractivity contribution in [3.05, 3.63) is 94.0 Å². The number of carbonyl (C=O) groups is 1. The molecule has 3 aromatic rings. The average molecular weight is 470 g/mol. The van der Waals surface area contributed by atoms with E-state index in [1.807, 2.05) is 50.2 Å². The SMILES string of the molecule is CC(=O)Oc1c(C)c(C)c2c(c1C1=NO[C@H](c3ccccc3)[C@H]1c1ccccc1)CCC(C)(C)O2. The van der Waals surface area contributed by atoms with Crippen molar-refractivity contribution in [2.45, 2.75) is 65.1 Å². The highest BCUT2D eigenvalue weighted by atomic mass is 16.6. The van der Waals surface area contributed by atoms with E-state index in [0.29, 0.717) is 5.75 Å². The van der Waals surface area contributed by atoms with Crippen molar-refractivity contribution in [2.75, 3.05) is 0 Å². The van der Waals surface area contributed by atoms with Gasteiger partial charge in [-0.1, -0.05) is 65.8 Å².